The SMILES string of the molecule is O=C(NC1CC1)C1(c2cccc(Cl)c2)CC1. The Bertz CT molecular complexity index is 435. The fourth-order valence-electron chi connectivity index (χ4n) is 2.11. The zero-order valence-electron chi connectivity index (χ0n) is 9.00. The Kier molecular flexibility index (Phi) is 2.21. The third kappa shape index (κ3) is 1.71. The summed E-state index contributed by atoms with van der Waals surface area (Å²) >= 11 is 5.97. The molecule has 0 spiro atoms. The molecule has 0 unspecified atom stereocenters. The number of benzene rings is 1. The number of halogens is 1. The molecule has 0 heterocycles. The highest BCUT2D eigenvalue weighted by Gasteiger charge is 2.52. The molecule has 0 bridgehead atoms. The maximum Gasteiger partial charge on any atom is 0.230 e. The van der Waals surface area contributed by atoms with Gasteiger partial charge < -0.3 is 5.32 Å². The van der Waals surface area contributed by atoms with Crippen LogP contribution in [0.15, 0.2) is 24.3 Å². The lowest BCUT2D eigenvalue weighted by atomic mass is 9.95. The predicted octanol–water partition coefficient (Wildman–Crippen LogP) is 2.65. The molecule has 1 N–H and O–H groups in total. The van der Waals surface area contributed by atoms with Gasteiger partial charge in [-0.3, -0.25) is 4.79 Å². The Balaban J connectivity index is 1.84. The largest absolute Gasteiger partial charge is 0.353 e. The molecule has 84 valence electrons. The number of hydrogen-bond acceptors (Lipinski definition) is 1. The average Bonchev–Trinajstić information content (AvgIpc) is 3.13. The highest BCUT2D eigenvalue weighted by atomic mass is 35.5. The summed E-state index contributed by atoms with van der Waals surface area (Å²) in [6.07, 6.45) is 4.17. The summed E-state index contributed by atoms with van der Waals surface area (Å²) in [5, 5.41) is 3.80. The van der Waals surface area contributed by atoms with E-state index in [1.165, 1.54) is 0 Å². The summed E-state index contributed by atoms with van der Waals surface area (Å²) in [6.45, 7) is 0. The van der Waals surface area contributed by atoms with E-state index in [0.717, 1.165) is 31.2 Å². The van der Waals surface area contributed by atoms with Crippen LogP contribution in [0.2, 0.25) is 5.02 Å². The van der Waals surface area contributed by atoms with Crippen molar-refractivity contribution in [3.05, 3.63) is 34.9 Å². The second-order valence-corrected chi connectivity index (χ2v) is 5.28. The first-order valence-corrected chi connectivity index (χ1v) is 6.15. The van der Waals surface area contributed by atoms with Crippen LogP contribution in [0.4, 0.5) is 0 Å². The molecular weight excluding hydrogens is 222 g/mol. The van der Waals surface area contributed by atoms with Crippen molar-refractivity contribution >= 4 is 17.5 Å². The fraction of sp³-hybridized carbons (Fsp3) is 0.462. The smallest absolute Gasteiger partial charge is 0.230 e. The first kappa shape index (κ1) is 10.2. The first-order chi connectivity index (χ1) is 7.71. The summed E-state index contributed by atoms with van der Waals surface area (Å²) in [4.78, 5) is 12.1. The van der Waals surface area contributed by atoms with Crippen molar-refractivity contribution in [2.75, 3.05) is 0 Å². The van der Waals surface area contributed by atoms with Crippen molar-refractivity contribution in [1.82, 2.24) is 5.32 Å². The van der Waals surface area contributed by atoms with E-state index in [9.17, 15) is 4.79 Å². The van der Waals surface area contributed by atoms with E-state index >= 15 is 0 Å². The molecule has 3 heteroatoms. The predicted molar refractivity (Wildman–Crippen MR) is 63.5 cm³/mol. The standard InChI is InChI=1S/C13H14ClNO/c14-10-3-1-2-9(8-10)13(6-7-13)12(16)15-11-4-5-11/h1-3,8,11H,4-7H2,(H,15,16). The molecule has 0 atom stereocenters. The van der Waals surface area contributed by atoms with Crippen molar-refractivity contribution < 1.29 is 4.79 Å². The first-order valence-electron chi connectivity index (χ1n) is 5.78. The van der Waals surface area contributed by atoms with Crippen LogP contribution >= 0.6 is 11.6 Å². The van der Waals surface area contributed by atoms with E-state index in [0.29, 0.717) is 11.1 Å². The molecule has 2 nitrogen and oxygen atoms in total. The zero-order chi connectivity index (χ0) is 11.2. The lowest BCUT2D eigenvalue weighted by Gasteiger charge is -2.15. The Labute approximate surface area is 100.0 Å². The maximum absolute atomic E-state index is 12.1. The third-order valence-electron chi connectivity index (χ3n) is 3.47. The molecule has 2 aliphatic carbocycles. The van der Waals surface area contributed by atoms with Crippen LogP contribution in [0.5, 0.6) is 0 Å². The van der Waals surface area contributed by atoms with Crippen molar-refractivity contribution in [2.24, 2.45) is 0 Å². The second kappa shape index (κ2) is 3.49. The number of carbonyl (C=O) groups excluding carboxylic acids is 1. The highest BCUT2D eigenvalue weighted by Crippen LogP contribution is 2.49. The highest BCUT2D eigenvalue weighted by molar-refractivity contribution is 6.30. The number of nitrogens with one attached hydrogen (secondary N) is 1. The average molecular weight is 236 g/mol. The van der Waals surface area contributed by atoms with Gasteiger partial charge in [0, 0.05) is 11.1 Å². The van der Waals surface area contributed by atoms with Crippen LogP contribution in [0.3, 0.4) is 0 Å². The lowest BCUT2D eigenvalue weighted by Crippen LogP contribution is -2.36. The summed E-state index contributed by atoms with van der Waals surface area (Å²) in [6, 6.07) is 8.12. The van der Waals surface area contributed by atoms with Gasteiger partial charge in [-0.05, 0) is 43.4 Å². The second-order valence-electron chi connectivity index (χ2n) is 4.84. The minimum atomic E-state index is -0.270. The maximum atomic E-state index is 12.1. The number of amides is 1. The molecule has 1 aromatic carbocycles. The van der Waals surface area contributed by atoms with Crippen molar-refractivity contribution in [2.45, 2.75) is 37.1 Å². The molecule has 3 rings (SSSR count). The van der Waals surface area contributed by atoms with Gasteiger partial charge in [0.2, 0.25) is 5.91 Å². The Morgan fingerprint density at radius 1 is 1.38 bits per heavy atom. The van der Waals surface area contributed by atoms with E-state index in [4.69, 9.17) is 11.6 Å². The van der Waals surface area contributed by atoms with Gasteiger partial charge in [0.05, 0.1) is 5.41 Å². The van der Waals surface area contributed by atoms with Crippen LogP contribution in [-0.4, -0.2) is 11.9 Å². The molecule has 2 aliphatic rings. The van der Waals surface area contributed by atoms with E-state index in [1.54, 1.807) is 0 Å². The Hall–Kier alpha value is -1.02. The van der Waals surface area contributed by atoms with Crippen LogP contribution in [0.25, 0.3) is 0 Å². The molecule has 1 amide bonds. The van der Waals surface area contributed by atoms with Crippen LogP contribution in [0, 0.1) is 0 Å². The monoisotopic (exact) mass is 235 g/mol. The van der Waals surface area contributed by atoms with Crippen molar-refractivity contribution in [3.63, 3.8) is 0 Å². The van der Waals surface area contributed by atoms with Gasteiger partial charge in [0.25, 0.3) is 0 Å². The third-order valence-corrected chi connectivity index (χ3v) is 3.71. The van der Waals surface area contributed by atoms with Crippen molar-refractivity contribution in [1.29, 1.82) is 0 Å². The molecule has 0 radical (unpaired) electrons. The van der Waals surface area contributed by atoms with Gasteiger partial charge in [-0.1, -0.05) is 23.7 Å². The topological polar surface area (TPSA) is 29.1 Å². The molecule has 1 aromatic rings. The van der Waals surface area contributed by atoms with Crippen molar-refractivity contribution in [3.8, 4) is 0 Å². The summed E-state index contributed by atoms with van der Waals surface area (Å²) in [7, 11) is 0. The normalized spacial score (nSPS) is 21.6. The van der Waals surface area contributed by atoms with Crippen LogP contribution in [0.1, 0.15) is 31.2 Å². The van der Waals surface area contributed by atoms with Gasteiger partial charge >= 0.3 is 0 Å². The molecular formula is C13H14ClNO. The minimum Gasteiger partial charge on any atom is -0.353 e. The van der Waals surface area contributed by atoms with E-state index < -0.39 is 0 Å². The van der Waals surface area contributed by atoms with Gasteiger partial charge in [-0.25, -0.2) is 0 Å². The minimum absolute atomic E-state index is 0.192. The van der Waals surface area contributed by atoms with E-state index in [1.807, 2.05) is 24.3 Å². The molecule has 2 saturated carbocycles. The summed E-state index contributed by atoms with van der Waals surface area (Å²) < 4.78 is 0. The van der Waals surface area contributed by atoms with Crippen LogP contribution in [-0.2, 0) is 10.2 Å². The van der Waals surface area contributed by atoms with Gasteiger partial charge in [0.1, 0.15) is 0 Å². The molecule has 0 aromatic heterocycles. The Morgan fingerprint density at radius 3 is 2.69 bits per heavy atom. The van der Waals surface area contributed by atoms with E-state index in [2.05, 4.69) is 5.32 Å². The summed E-state index contributed by atoms with van der Waals surface area (Å²) in [5.74, 6) is 0.192. The van der Waals surface area contributed by atoms with Crippen LogP contribution < -0.4 is 5.32 Å². The van der Waals surface area contributed by atoms with Gasteiger partial charge in [-0.15, -0.1) is 0 Å². The summed E-state index contributed by atoms with van der Waals surface area (Å²) in [5.41, 5.74) is 0.797. The molecule has 16 heavy (non-hydrogen) atoms. The zero-order valence-corrected chi connectivity index (χ0v) is 9.76. The quantitative estimate of drug-likeness (QED) is 0.858. The van der Waals surface area contributed by atoms with Gasteiger partial charge in [0.15, 0.2) is 0 Å². The van der Waals surface area contributed by atoms with Gasteiger partial charge in [-0.2, -0.15) is 0 Å². The molecule has 2 fully saturated rings. The Morgan fingerprint density at radius 2 is 2.12 bits per heavy atom. The number of rotatable bonds is 3. The van der Waals surface area contributed by atoms with E-state index in [-0.39, 0.29) is 11.3 Å². The number of hydrogen-bond donors (Lipinski definition) is 1. The lowest BCUT2D eigenvalue weighted by molar-refractivity contribution is -0.123. The number of carbonyl (C=O) groups is 1. The molecule has 0 aliphatic heterocycles. The fourth-order valence-corrected chi connectivity index (χ4v) is 2.30. The molecule has 0 saturated heterocycles.